The first-order chi connectivity index (χ1) is 6.58. The zero-order chi connectivity index (χ0) is 11.0. The summed E-state index contributed by atoms with van der Waals surface area (Å²) in [6, 6.07) is 0. The molecule has 0 aromatic heterocycles. The molecule has 0 saturated carbocycles. The Balaban J connectivity index is 4.39. The van der Waals surface area contributed by atoms with Crippen molar-refractivity contribution < 1.29 is 8.42 Å². The van der Waals surface area contributed by atoms with Gasteiger partial charge in [0.2, 0.25) is 10.0 Å². The molecule has 82 valence electrons. The predicted molar refractivity (Wildman–Crippen MR) is 58.2 cm³/mol. The standard InChI is InChI=1S/C9H18N2O2S/c1-3-7-11(8-4-2)14(12,13)9-5-6-10/h1H,4-10H2,2H3. The highest BCUT2D eigenvalue weighted by molar-refractivity contribution is 7.89. The van der Waals surface area contributed by atoms with Crippen molar-refractivity contribution in [2.24, 2.45) is 5.73 Å². The summed E-state index contributed by atoms with van der Waals surface area (Å²) in [6.45, 7) is 2.94. The Morgan fingerprint density at radius 1 is 1.50 bits per heavy atom. The van der Waals surface area contributed by atoms with Gasteiger partial charge in [0, 0.05) is 6.54 Å². The van der Waals surface area contributed by atoms with Crippen molar-refractivity contribution >= 4 is 10.0 Å². The summed E-state index contributed by atoms with van der Waals surface area (Å²) in [6.07, 6.45) is 6.35. The highest BCUT2D eigenvalue weighted by Gasteiger charge is 2.19. The summed E-state index contributed by atoms with van der Waals surface area (Å²) in [7, 11) is -3.20. The molecule has 0 heterocycles. The van der Waals surface area contributed by atoms with Crippen molar-refractivity contribution in [2.45, 2.75) is 19.8 Å². The molecule has 0 spiro atoms. The van der Waals surface area contributed by atoms with Crippen molar-refractivity contribution in [2.75, 3.05) is 25.4 Å². The fourth-order valence-corrected chi connectivity index (χ4v) is 2.58. The van der Waals surface area contributed by atoms with E-state index in [1.807, 2.05) is 6.92 Å². The first kappa shape index (κ1) is 13.4. The lowest BCUT2D eigenvalue weighted by Gasteiger charge is -2.18. The van der Waals surface area contributed by atoms with E-state index in [1.54, 1.807) is 0 Å². The van der Waals surface area contributed by atoms with Crippen molar-refractivity contribution in [3.8, 4) is 12.3 Å². The normalized spacial score (nSPS) is 11.6. The van der Waals surface area contributed by atoms with Gasteiger partial charge in [-0.1, -0.05) is 12.8 Å². The van der Waals surface area contributed by atoms with Gasteiger partial charge in [0.05, 0.1) is 12.3 Å². The number of sulfonamides is 1. The van der Waals surface area contributed by atoms with Gasteiger partial charge < -0.3 is 5.73 Å². The summed E-state index contributed by atoms with van der Waals surface area (Å²) in [5, 5.41) is 0. The number of nitrogens with two attached hydrogens (primary N) is 1. The van der Waals surface area contributed by atoms with Gasteiger partial charge >= 0.3 is 0 Å². The molecule has 2 N–H and O–H groups in total. The first-order valence-electron chi connectivity index (χ1n) is 4.69. The van der Waals surface area contributed by atoms with Gasteiger partial charge in [-0.25, -0.2) is 8.42 Å². The van der Waals surface area contributed by atoms with Gasteiger partial charge in [0.15, 0.2) is 0 Å². The second-order valence-electron chi connectivity index (χ2n) is 3.00. The zero-order valence-electron chi connectivity index (χ0n) is 8.57. The molecule has 0 aromatic carbocycles. The fraction of sp³-hybridized carbons (Fsp3) is 0.778. The van der Waals surface area contributed by atoms with Gasteiger partial charge in [0.25, 0.3) is 0 Å². The van der Waals surface area contributed by atoms with Crippen molar-refractivity contribution in [1.82, 2.24) is 4.31 Å². The average Bonchev–Trinajstić information content (AvgIpc) is 2.14. The third-order valence-corrected chi connectivity index (χ3v) is 3.64. The molecule has 0 fully saturated rings. The largest absolute Gasteiger partial charge is 0.330 e. The molecule has 0 saturated heterocycles. The highest BCUT2D eigenvalue weighted by atomic mass is 32.2. The number of hydrogen-bond acceptors (Lipinski definition) is 3. The Bertz CT molecular complexity index is 280. The van der Waals surface area contributed by atoms with Crippen LogP contribution in [-0.2, 0) is 10.0 Å². The average molecular weight is 218 g/mol. The fourth-order valence-electron chi connectivity index (χ4n) is 1.06. The molecule has 5 heteroatoms. The lowest BCUT2D eigenvalue weighted by atomic mass is 10.5. The molecule has 0 unspecified atom stereocenters. The van der Waals surface area contributed by atoms with Crippen LogP contribution in [0, 0.1) is 12.3 Å². The first-order valence-corrected chi connectivity index (χ1v) is 6.30. The molecule has 0 bridgehead atoms. The number of nitrogens with zero attached hydrogens (tertiary/aromatic N) is 1. The third-order valence-electron chi connectivity index (χ3n) is 1.74. The summed E-state index contributed by atoms with van der Waals surface area (Å²) in [5.74, 6) is 2.44. The van der Waals surface area contributed by atoms with Gasteiger partial charge in [-0.05, 0) is 19.4 Å². The van der Waals surface area contributed by atoms with Crippen molar-refractivity contribution in [3.63, 3.8) is 0 Å². The Hall–Kier alpha value is -0.570. The minimum atomic E-state index is -3.20. The minimum absolute atomic E-state index is 0.0885. The van der Waals surface area contributed by atoms with Crippen LogP contribution < -0.4 is 5.73 Å². The molecule has 0 rings (SSSR count). The summed E-state index contributed by atoms with van der Waals surface area (Å²) < 4.78 is 24.6. The van der Waals surface area contributed by atoms with E-state index in [0.717, 1.165) is 6.42 Å². The van der Waals surface area contributed by atoms with Crippen LogP contribution in [0.25, 0.3) is 0 Å². The second kappa shape index (κ2) is 6.82. The molecular weight excluding hydrogens is 200 g/mol. The zero-order valence-corrected chi connectivity index (χ0v) is 9.39. The molecular formula is C9H18N2O2S. The minimum Gasteiger partial charge on any atom is -0.330 e. The summed E-state index contributed by atoms with van der Waals surface area (Å²) >= 11 is 0. The maximum Gasteiger partial charge on any atom is 0.215 e. The monoisotopic (exact) mass is 218 g/mol. The maximum atomic E-state index is 11.6. The molecule has 14 heavy (non-hydrogen) atoms. The van der Waals surface area contributed by atoms with Gasteiger partial charge in [-0.15, -0.1) is 6.42 Å². The second-order valence-corrected chi connectivity index (χ2v) is 5.08. The van der Waals surface area contributed by atoms with E-state index >= 15 is 0 Å². The van der Waals surface area contributed by atoms with Crippen LogP contribution in [0.5, 0.6) is 0 Å². The van der Waals surface area contributed by atoms with Crippen molar-refractivity contribution in [1.29, 1.82) is 0 Å². The Morgan fingerprint density at radius 3 is 2.57 bits per heavy atom. The van der Waals surface area contributed by atoms with Crippen LogP contribution in [0.4, 0.5) is 0 Å². The summed E-state index contributed by atoms with van der Waals surface area (Å²) in [5.41, 5.74) is 5.26. The maximum absolute atomic E-state index is 11.6. The molecule has 0 atom stereocenters. The summed E-state index contributed by atoms with van der Waals surface area (Å²) in [4.78, 5) is 0. The van der Waals surface area contributed by atoms with E-state index in [2.05, 4.69) is 5.92 Å². The van der Waals surface area contributed by atoms with E-state index in [4.69, 9.17) is 12.2 Å². The lowest BCUT2D eigenvalue weighted by molar-refractivity contribution is 0.444. The highest BCUT2D eigenvalue weighted by Crippen LogP contribution is 2.03. The molecule has 0 aliphatic heterocycles. The van der Waals surface area contributed by atoms with Gasteiger partial charge in [-0.3, -0.25) is 0 Å². The SMILES string of the molecule is C#CCN(CCC)S(=O)(=O)CCCN. The lowest BCUT2D eigenvalue weighted by Crippen LogP contribution is -2.34. The van der Waals surface area contributed by atoms with E-state index in [9.17, 15) is 8.42 Å². The molecule has 0 radical (unpaired) electrons. The van der Waals surface area contributed by atoms with Crippen LogP contribution >= 0.6 is 0 Å². The number of rotatable bonds is 7. The van der Waals surface area contributed by atoms with Crippen LogP contribution in [0.1, 0.15) is 19.8 Å². The molecule has 4 nitrogen and oxygen atoms in total. The number of terminal acetylenes is 1. The predicted octanol–water partition coefficient (Wildman–Crippen LogP) is 0.0102. The Labute approximate surface area is 86.5 Å². The molecule has 0 aliphatic rings. The molecule has 0 aromatic rings. The van der Waals surface area contributed by atoms with Gasteiger partial charge in [-0.2, -0.15) is 4.31 Å². The van der Waals surface area contributed by atoms with E-state index < -0.39 is 10.0 Å². The smallest absolute Gasteiger partial charge is 0.215 e. The van der Waals surface area contributed by atoms with E-state index in [-0.39, 0.29) is 12.3 Å². The molecule has 0 aliphatic carbocycles. The quantitative estimate of drug-likeness (QED) is 0.612. The molecule has 0 amide bonds. The number of hydrogen-bond donors (Lipinski definition) is 1. The van der Waals surface area contributed by atoms with Crippen LogP contribution in [0.2, 0.25) is 0 Å². The van der Waals surface area contributed by atoms with Crippen LogP contribution in [0.3, 0.4) is 0 Å². The van der Waals surface area contributed by atoms with E-state index in [1.165, 1.54) is 4.31 Å². The Kier molecular flexibility index (Phi) is 6.54. The van der Waals surface area contributed by atoms with Crippen LogP contribution in [0.15, 0.2) is 0 Å². The van der Waals surface area contributed by atoms with Crippen LogP contribution in [-0.4, -0.2) is 38.1 Å². The van der Waals surface area contributed by atoms with Crippen molar-refractivity contribution in [3.05, 3.63) is 0 Å². The Morgan fingerprint density at radius 2 is 2.14 bits per heavy atom. The topological polar surface area (TPSA) is 63.4 Å². The third kappa shape index (κ3) is 4.61. The van der Waals surface area contributed by atoms with Gasteiger partial charge in [0.1, 0.15) is 0 Å². The van der Waals surface area contributed by atoms with E-state index in [0.29, 0.717) is 19.5 Å².